The molecule has 2 heterocycles. The van der Waals surface area contributed by atoms with Crippen molar-refractivity contribution in [1.29, 1.82) is 0 Å². The van der Waals surface area contributed by atoms with E-state index in [1.807, 2.05) is 6.92 Å². The molecule has 0 radical (unpaired) electrons. The van der Waals surface area contributed by atoms with Gasteiger partial charge >= 0.3 is 0 Å². The van der Waals surface area contributed by atoms with Gasteiger partial charge in [-0.2, -0.15) is 8.42 Å². The fourth-order valence-electron chi connectivity index (χ4n) is 3.49. The lowest BCUT2D eigenvalue weighted by Gasteiger charge is -2.37. The highest BCUT2D eigenvalue weighted by Gasteiger charge is 2.34. The minimum absolute atomic E-state index is 0.0704. The van der Waals surface area contributed by atoms with E-state index >= 15 is 0 Å². The molecule has 3 atom stereocenters. The van der Waals surface area contributed by atoms with Crippen LogP contribution in [0, 0.1) is 5.92 Å². The van der Waals surface area contributed by atoms with Crippen LogP contribution in [0.15, 0.2) is 35.7 Å². The molecule has 3 N–H and O–H groups in total. The van der Waals surface area contributed by atoms with Gasteiger partial charge in [-0.1, -0.05) is 13.0 Å². The lowest BCUT2D eigenvalue weighted by atomic mass is 9.99. The fraction of sp³-hybridized carbons (Fsp3) is 0.500. The topological polar surface area (TPSA) is 126 Å². The molecular formula is C20H29N5O5S. The predicted molar refractivity (Wildman–Crippen MR) is 116 cm³/mol. The number of aliphatic hydroxyl groups is 1. The van der Waals surface area contributed by atoms with Gasteiger partial charge in [0.1, 0.15) is 6.10 Å². The number of sulfonamides is 1. The first kappa shape index (κ1) is 23.0. The molecule has 1 aliphatic rings. The third-order valence-corrected chi connectivity index (χ3v) is 6.55. The number of imidazole rings is 1. The summed E-state index contributed by atoms with van der Waals surface area (Å²) in [4.78, 5) is 18.8. The van der Waals surface area contributed by atoms with Gasteiger partial charge in [0.15, 0.2) is 10.8 Å². The van der Waals surface area contributed by atoms with Crippen molar-refractivity contribution in [3.05, 3.63) is 36.3 Å². The molecule has 0 saturated heterocycles. The quantitative estimate of drug-likeness (QED) is 0.565. The van der Waals surface area contributed by atoms with Crippen LogP contribution < -0.4 is 14.8 Å². The number of anilines is 1. The molecule has 1 aromatic carbocycles. The second kappa shape index (κ2) is 9.25. The molecule has 3 rings (SSSR count). The van der Waals surface area contributed by atoms with Gasteiger partial charge in [-0.15, -0.1) is 0 Å². The number of nitrogens with one attached hydrogen (secondary N) is 2. The van der Waals surface area contributed by atoms with Crippen LogP contribution in [0.3, 0.4) is 0 Å². The van der Waals surface area contributed by atoms with Crippen molar-refractivity contribution in [2.24, 2.45) is 13.0 Å². The summed E-state index contributed by atoms with van der Waals surface area (Å²) >= 11 is 0. The van der Waals surface area contributed by atoms with E-state index in [1.165, 1.54) is 17.1 Å². The minimum atomic E-state index is -3.98. The van der Waals surface area contributed by atoms with Crippen LogP contribution in [0.1, 0.15) is 24.2 Å². The molecule has 0 bridgehead atoms. The van der Waals surface area contributed by atoms with Crippen molar-refractivity contribution >= 4 is 21.6 Å². The van der Waals surface area contributed by atoms with Crippen LogP contribution in [-0.4, -0.2) is 72.8 Å². The summed E-state index contributed by atoms with van der Waals surface area (Å²) < 4.78 is 35.9. The minimum Gasteiger partial charge on any atom is -0.486 e. The van der Waals surface area contributed by atoms with Gasteiger partial charge in [-0.05, 0) is 26.1 Å². The van der Waals surface area contributed by atoms with E-state index in [2.05, 4.69) is 15.0 Å². The van der Waals surface area contributed by atoms with Crippen molar-refractivity contribution < 1.29 is 23.1 Å². The Kier molecular flexibility index (Phi) is 6.87. The number of benzene rings is 1. The summed E-state index contributed by atoms with van der Waals surface area (Å²) in [6, 6.07) is 4.34. The third kappa shape index (κ3) is 4.83. The standard InChI is InChI=1S/C20H29N5O5S/c1-13-9-25(14(2)11-26)20(27)15-6-5-7-16(19(15)30-17(13)8-21-3)23-31(28,29)18-10-24(4)12-22-18/h5-7,10,12-14,17,21,23,26H,8-9,11H2,1-4H3/t13-,14-,17-/m0/s1. The number of nitrogens with zero attached hydrogens (tertiary/aromatic N) is 3. The summed E-state index contributed by atoms with van der Waals surface area (Å²) in [5, 5.41) is 12.6. The van der Waals surface area contributed by atoms with Crippen molar-refractivity contribution in [3.63, 3.8) is 0 Å². The number of rotatable bonds is 7. The third-order valence-electron chi connectivity index (χ3n) is 5.30. The highest BCUT2D eigenvalue weighted by atomic mass is 32.2. The first-order valence-electron chi connectivity index (χ1n) is 10.0. The normalized spacial score (nSPS) is 20.4. The van der Waals surface area contributed by atoms with Crippen molar-refractivity contribution in [2.45, 2.75) is 31.0 Å². The fourth-order valence-corrected chi connectivity index (χ4v) is 4.54. The number of amides is 1. The lowest BCUT2D eigenvalue weighted by molar-refractivity contribution is 0.0417. The van der Waals surface area contributed by atoms with Gasteiger partial charge in [0.25, 0.3) is 15.9 Å². The number of aryl methyl sites for hydroxylation is 1. The lowest BCUT2D eigenvalue weighted by Crippen LogP contribution is -2.49. The van der Waals surface area contributed by atoms with E-state index < -0.39 is 16.1 Å². The number of hydrogen-bond acceptors (Lipinski definition) is 7. The number of para-hydroxylation sites is 1. The number of likely N-dealkylation sites (N-methyl/N-ethyl adjacent to an activating group) is 1. The Bertz CT molecular complexity index is 1040. The highest BCUT2D eigenvalue weighted by Crippen LogP contribution is 2.35. The Morgan fingerprint density at radius 2 is 2.13 bits per heavy atom. The largest absolute Gasteiger partial charge is 0.486 e. The summed E-state index contributed by atoms with van der Waals surface area (Å²) in [6.07, 6.45) is 2.45. The monoisotopic (exact) mass is 451 g/mol. The molecule has 2 aromatic rings. The Balaban J connectivity index is 2.08. The van der Waals surface area contributed by atoms with Crippen molar-refractivity contribution in [1.82, 2.24) is 19.8 Å². The zero-order valence-electron chi connectivity index (χ0n) is 18.1. The molecule has 0 saturated carbocycles. The molecule has 0 unspecified atom stereocenters. The van der Waals surface area contributed by atoms with Crippen molar-refractivity contribution in [2.75, 3.05) is 31.5 Å². The molecule has 0 aliphatic carbocycles. The van der Waals surface area contributed by atoms with E-state index in [4.69, 9.17) is 4.74 Å². The molecule has 1 aliphatic heterocycles. The van der Waals surface area contributed by atoms with E-state index in [0.717, 1.165) is 0 Å². The van der Waals surface area contributed by atoms with Gasteiger partial charge in [0, 0.05) is 32.3 Å². The van der Waals surface area contributed by atoms with E-state index in [9.17, 15) is 18.3 Å². The Hall–Kier alpha value is -2.63. The Morgan fingerprint density at radius 3 is 2.74 bits per heavy atom. The molecule has 0 spiro atoms. The van der Waals surface area contributed by atoms with Gasteiger partial charge in [0.05, 0.1) is 30.2 Å². The number of aliphatic hydroxyl groups excluding tert-OH is 1. The summed E-state index contributed by atoms with van der Waals surface area (Å²) in [7, 11) is -0.515. The highest BCUT2D eigenvalue weighted by molar-refractivity contribution is 7.92. The second-order valence-electron chi connectivity index (χ2n) is 7.85. The molecule has 1 aromatic heterocycles. The summed E-state index contributed by atoms with van der Waals surface area (Å²) in [6.45, 7) is 4.44. The number of carbonyl (C=O) groups excluding carboxylic acids is 1. The SMILES string of the molecule is CNC[C@@H]1Oc2c(NS(=O)(=O)c3cn(C)cn3)cccc2C(=O)N([C@@H](C)CO)C[C@@H]1C. The van der Waals surface area contributed by atoms with E-state index in [-0.39, 0.29) is 46.6 Å². The molecule has 10 nitrogen and oxygen atoms in total. The Morgan fingerprint density at radius 1 is 1.39 bits per heavy atom. The van der Waals surface area contributed by atoms with Crippen LogP contribution in [0.4, 0.5) is 5.69 Å². The average Bonchev–Trinajstić information content (AvgIpc) is 3.18. The maximum atomic E-state index is 13.3. The molecule has 1 amide bonds. The molecule has 11 heteroatoms. The molecule has 31 heavy (non-hydrogen) atoms. The van der Waals surface area contributed by atoms with Crippen LogP contribution in [0.25, 0.3) is 0 Å². The van der Waals surface area contributed by atoms with E-state index in [1.54, 1.807) is 44.1 Å². The van der Waals surface area contributed by atoms with Crippen molar-refractivity contribution in [3.8, 4) is 5.75 Å². The van der Waals surface area contributed by atoms with Crippen LogP contribution in [0.5, 0.6) is 5.75 Å². The molecule has 0 fully saturated rings. The van der Waals surface area contributed by atoms with Crippen LogP contribution in [0.2, 0.25) is 0 Å². The molecule has 170 valence electrons. The van der Waals surface area contributed by atoms with Crippen LogP contribution in [-0.2, 0) is 17.1 Å². The summed E-state index contributed by atoms with van der Waals surface area (Å²) in [5.74, 6) is -0.238. The van der Waals surface area contributed by atoms with Crippen LogP contribution >= 0.6 is 0 Å². The second-order valence-corrected chi connectivity index (χ2v) is 9.47. The van der Waals surface area contributed by atoms with E-state index in [0.29, 0.717) is 13.1 Å². The number of fused-ring (bicyclic) bond motifs is 1. The Labute approximate surface area is 182 Å². The number of ether oxygens (including phenoxy) is 1. The smallest absolute Gasteiger partial charge is 0.281 e. The average molecular weight is 452 g/mol. The summed E-state index contributed by atoms with van der Waals surface area (Å²) in [5.41, 5.74) is 0.387. The number of aromatic nitrogens is 2. The number of carbonyl (C=O) groups is 1. The first-order chi connectivity index (χ1) is 14.7. The van der Waals surface area contributed by atoms with Gasteiger partial charge in [-0.25, -0.2) is 4.98 Å². The van der Waals surface area contributed by atoms with Gasteiger partial charge < -0.3 is 24.6 Å². The number of hydrogen-bond donors (Lipinski definition) is 3. The maximum absolute atomic E-state index is 13.3. The van der Waals surface area contributed by atoms with Gasteiger partial charge in [-0.3, -0.25) is 9.52 Å². The predicted octanol–water partition coefficient (Wildman–Crippen LogP) is 0.660. The first-order valence-corrected chi connectivity index (χ1v) is 11.5. The zero-order chi connectivity index (χ0) is 22.8. The van der Waals surface area contributed by atoms with Gasteiger partial charge in [0.2, 0.25) is 0 Å². The molecular weight excluding hydrogens is 422 g/mol. The zero-order valence-corrected chi connectivity index (χ0v) is 18.9. The maximum Gasteiger partial charge on any atom is 0.281 e.